The maximum atomic E-state index is 13.5. The Balaban J connectivity index is 1.29. The Hall–Kier alpha value is -2.11. The highest BCUT2D eigenvalue weighted by Gasteiger charge is 2.42. The summed E-state index contributed by atoms with van der Waals surface area (Å²) in [5, 5.41) is 19.7. The molecule has 27 heavy (non-hydrogen) atoms. The zero-order chi connectivity index (χ0) is 19.0. The van der Waals surface area contributed by atoms with E-state index in [1.165, 1.54) is 17.7 Å². The van der Waals surface area contributed by atoms with Crippen LogP contribution in [0.15, 0.2) is 42.5 Å². The lowest BCUT2D eigenvalue weighted by molar-refractivity contribution is 0.116. The number of likely N-dealkylation sites (tertiary alicyclic amines) is 1. The van der Waals surface area contributed by atoms with Crippen LogP contribution in [0.1, 0.15) is 30.1 Å². The maximum Gasteiger partial charge on any atom is 0.165 e. The van der Waals surface area contributed by atoms with Gasteiger partial charge in [0.1, 0.15) is 5.75 Å². The molecule has 2 aliphatic rings. The van der Waals surface area contributed by atoms with E-state index in [9.17, 15) is 14.6 Å². The molecule has 1 heterocycles. The van der Waals surface area contributed by atoms with Gasteiger partial charge >= 0.3 is 0 Å². The topological polar surface area (TPSA) is 52.9 Å². The SMILES string of the molecule is Cc1ccc(OC2C[C@@H]3CN(CC(O)c4ccc(O)c(F)c4)C[C@@H]3C2)cc1. The first-order valence-corrected chi connectivity index (χ1v) is 9.60. The Bertz CT molecular complexity index is 781. The molecule has 4 nitrogen and oxygen atoms in total. The molecule has 0 radical (unpaired) electrons. The summed E-state index contributed by atoms with van der Waals surface area (Å²) in [6, 6.07) is 12.3. The van der Waals surface area contributed by atoms with Gasteiger partial charge in [0.15, 0.2) is 11.6 Å². The van der Waals surface area contributed by atoms with E-state index in [4.69, 9.17) is 4.74 Å². The van der Waals surface area contributed by atoms with Crippen LogP contribution in [0.2, 0.25) is 0 Å². The van der Waals surface area contributed by atoms with Crippen molar-refractivity contribution in [3.8, 4) is 11.5 Å². The number of aliphatic hydroxyl groups excluding tert-OH is 1. The smallest absolute Gasteiger partial charge is 0.165 e. The summed E-state index contributed by atoms with van der Waals surface area (Å²) in [4.78, 5) is 2.26. The van der Waals surface area contributed by atoms with Crippen LogP contribution < -0.4 is 4.74 Å². The molecule has 144 valence electrons. The minimum absolute atomic E-state index is 0.265. The molecule has 2 unspecified atom stereocenters. The van der Waals surface area contributed by atoms with Gasteiger partial charge in [0.25, 0.3) is 0 Å². The van der Waals surface area contributed by atoms with E-state index in [1.54, 1.807) is 6.07 Å². The van der Waals surface area contributed by atoms with Crippen molar-refractivity contribution < 1.29 is 19.3 Å². The molecule has 1 saturated heterocycles. The molecule has 1 saturated carbocycles. The van der Waals surface area contributed by atoms with Crippen molar-refractivity contribution >= 4 is 0 Å². The largest absolute Gasteiger partial charge is 0.505 e. The predicted octanol–water partition coefficient (Wildman–Crippen LogP) is 3.66. The molecule has 0 bridgehead atoms. The fourth-order valence-electron chi connectivity index (χ4n) is 4.48. The number of aromatic hydroxyl groups is 1. The van der Waals surface area contributed by atoms with Crippen LogP contribution in [0.4, 0.5) is 4.39 Å². The van der Waals surface area contributed by atoms with Crippen molar-refractivity contribution in [3.63, 3.8) is 0 Å². The third-order valence-electron chi connectivity index (χ3n) is 5.89. The van der Waals surface area contributed by atoms with Crippen molar-refractivity contribution in [3.05, 3.63) is 59.4 Å². The lowest BCUT2D eigenvalue weighted by atomic mass is 10.0. The standard InChI is InChI=1S/C22H26FNO3/c1-14-2-5-18(6-3-14)27-19-8-16-11-24(12-17(16)9-19)13-22(26)15-4-7-21(25)20(23)10-15/h2-7,10,16-17,19,22,25-26H,8-9,11-13H2,1H3/t16-,17+,19?,22?. The molecular formula is C22H26FNO3. The number of hydrogen-bond donors (Lipinski definition) is 2. The molecule has 0 aromatic heterocycles. The number of fused-ring (bicyclic) bond motifs is 1. The minimum atomic E-state index is -0.751. The number of nitrogens with zero attached hydrogens (tertiary/aromatic N) is 1. The molecule has 2 aromatic rings. The minimum Gasteiger partial charge on any atom is -0.505 e. The Morgan fingerprint density at radius 3 is 2.41 bits per heavy atom. The average Bonchev–Trinajstić information content (AvgIpc) is 3.17. The maximum absolute atomic E-state index is 13.5. The number of rotatable bonds is 5. The summed E-state index contributed by atoms with van der Waals surface area (Å²) in [7, 11) is 0. The summed E-state index contributed by atoms with van der Waals surface area (Å²) in [6.45, 7) is 4.44. The highest BCUT2D eigenvalue weighted by molar-refractivity contribution is 5.29. The van der Waals surface area contributed by atoms with Crippen molar-refractivity contribution in [2.24, 2.45) is 11.8 Å². The predicted molar refractivity (Wildman–Crippen MR) is 101 cm³/mol. The van der Waals surface area contributed by atoms with Gasteiger partial charge in [-0.05, 0) is 61.4 Å². The van der Waals surface area contributed by atoms with E-state index in [-0.39, 0.29) is 11.9 Å². The van der Waals surface area contributed by atoms with Gasteiger partial charge in [-0.25, -0.2) is 4.39 Å². The summed E-state index contributed by atoms with van der Waals surface area (Å²) in [5.74, 6) is 1.03. The van der Waals surface area contributed by atoms with Crippen molar-refractivity contribution in [2.75, 3.05) is 19.6 Å². The van der Waals surface area contributed by atoms with Crippen LogP contribution in [0.5, 0.6) is 11.5 Å². The average molecular weight is 371 g/mol. The number of aryl methyl sites for hydroxylation is 1. The number of β-amino-alcohol motifs (C(OH)–C–C–N with tert-alkyl or cyclic N) is 1. The van der Waals surface area contributed by atoms with Gasteiger partial charge in [-0.2, -0.15) is 0 Å². The number of hydrogen-bond acceptors (Lipinski definition) is 4. The van der Waals surface area contributed by atoms with Gasteiger partial charge in [0, 0.05) is 19.6 Å². The van der Waals surface area contributed by atoms with E-state index >= 15 is 0 Å². The Morgan fingerprint density at radius 2 is 1.78 bits per heavy atom. The molecule has 5 heteroatoms. The molecule has 2 N–H and O–H groups in total. The molecule has 4 rings (SSSR count). The van der Waals surface area contributed by atoms with Crippen molar-refractivity contribution in [2.45, 2.75) is 32.0 Å². The van der Waals surface area contributed by atoms with Gasteiger partial charge < -0.3 is 14.9 Å². The van der Waals surface area contributed by atoms with Gasteiger partial charge in [0.05, 0.1) is 12.2 Å². The van der Waals surface area contributed by atoms with Crippen LogP contribution in [0.3, 0.4) is 0 Å². The van der Waals surface area contributed by atoms with Crippen LogP contribution in [-0.4, -0.2) is 40.9 Å². The summed E-state index contributed by atoms with van der Waals surface area (Å²) >= 11 is 0. The number of aliphatic hydroxyl groups is 1. The third kappa shape index (κ3) is 4.09. The number of phenolic OH excluding ortho intramolecular Hbond substituents is 1. The van der Waals surface area contributed by atoms with Crippen LogP contribution in [-0.2, 0) is 0 Å². The first kappa shape index (κ1) is 18.3. The van der Waals surface area contributed by atoms with Crippen molar-refractivity contribution in [1.82, 2.24) is 4.90 Å². The third-order valence-corrected chi connectivity index (χ3v) is 5.89. The fraction of sp³-hybridized carbons (Fsp3) is 0.455. The molecule has 1 aliphatic carbocycles. The second-order valence-corrected chi connectivity index (χ2v) is 7.99. The molecule has 0 amide bonds. The summed E-state index contributed by atoms with van der Waals surface area (Å²) in [5.41, 5.74) is 1.73. The van der Waals surface area contributed by atoms with E-state index in [2.05, 4.69) is 24.0 Å². The van der Waals surface area contributed by atoms with Gasteiger partial charge in [0.2, 0.25) is 0 Å². The quantitative estimate of drug-likeness (QED) is 0.842. The fourth-order valence-corrected chi connectivity index (χ4v) is 4.48. The highest BCUT2D eigenvalue weighted by atomic mass is 19.1. The molecular weight excluding hydrogens is 345 g/mol. The molecule has 4 atom stereocenters. The zero-order valence-corrected chi connectivity index (χ0v) is 15.5. The highest BCUT2D eigenvalue weighted by Crippen LogP contribution is 2.40. The Labute approximate surface area is 159 Å². The number of ether oxygens (including phenoxy) is 1. The lowest BCUT2D eigenvalue weighted by Crippen LogP contribution is -2.29. The Kier molecular flexibility index (Phi) is 5.06. The number of phenols is 1. The van der Waals surface area contributed by atoms with Crippen LogP contribution in [0, 0.1) is 24.6 Å². The summed E-state index contributed by atoms with van der Waals surface area (Å²) in [6.07, 6.45) is 1.59. The second kappa shape index (κ2) is 7.49. The Morgan fingerprint density at radius 1 is 1.11 bits per heavy atom. The summed E-state index contributed by atoms with van der Waals surface area (Å²) < 4.78 is 19.6. The normalized spacial score (nSPS) is 26.1. The lowest BCUT2D eigenvalue weighted by Gasteiger charge is -2.22. The van der Waals surface area contributed by atoms with E-state index in [1.807, 2.05) is 12.1 Å². The first-order chi connectivity index (χ1) is 13.0. The van der Waals surface area contributed by atoms with E-state index in [0.717, 1.165) is 31.7 Å². The molecule has 2 fully saturated rings. The van der Waals surface area contributed by atoms with Gasteiger partial charge in [-0.15, -0.1) is 0 Å². The van der Waals surface area contributed by atoms with E-state index < -0.39 is 11.9 Å². The second-order valence-electron chi connectivity index (χ2n) is 7.99. The van der Waals surface area contributed by atoms with Crippen molar-refractivity contribution in [1.29, 1.82) is 0 Å². The molecule has 0 spiro atoms. The zero-order valence-electron chi connectivity index (χ0n) is 15.5. The molecule has 1 aliphatic heterocycles. The number of benzene rings is 2. The van der Waals surface area contributed by atoms with Crippen LogP contribution in [0.25, 0.3) is 0 Å². The molecule has 2 aromatic carbocycles. The monoisotopic (exact) mass is 371 g/mol. The van der Waals surface area contributed by atoms with Gasteiger partial charge in [-0.1, -0.05) is 23.8 Å². The van der Waals surface area contributed by atoms with E-state index in [0.29, 0.717) is 23.9 Å². The van der Waals surface area contributed by atoms with Gasteiger partial charge in [-0.3, -0.25) is 4.90 Å². The number of halogens is 1. The van der Waals surface area contributed by atoms with Crippen LogP contribution >= 0.6 is 0 Å². The first-order valence-electron chi connectivity index (χ1n) is 9.60.